The highest BCUT2D eigenvalue weighted by molar-refractivity contribution is 14.1. The number of amides is 3. The fraction of sp³-hybridized carbons (Fsp3) is 0.469. The van der Waals surface area contributed by atoms with Crippen LogP contribution in [0.15, 0.2) is 59.6 Å². The van der Waals surface area contributed by atoms with E-state index in [-0.39, 0.29) is 25.0 Å². The molecule has 2 rings (SSSR count). The molecule has 0 aliphatic rings. The molecule has 0 aromatic heterocycles. The quantitative estimate of drug-likeness (QED) is 0.0330. The van der Waals surface area contributed by atoms with Crippen LogP contribution in [0.25, 0.3) is 0 Å². The Morgan fingerprint density at radius 2 is 1.53 bits per heavy atom. The molecule has 258 valence electrons. The standard InChI is InChI=1S/C32H47IN8O6/c1-36-32(37-2)38-18-8-11-24(35)30(45)41(33)27(20-22-13-15-23(42)16-14-22)29(44)39-25(12-6-7-17-34)28(43)40-26(31(46)47)19-21-9-4-3-5-10-21/h3-5,9-10,13-16,24-27,42H,6-8,11-12,17-20,34-35H2,1-2H3,(H,39,44)(H,40,43)(H,46,47)(H2,36,37,38)/t24-,25-,26-,27-/m0/s1. The topological polar surface area (TPSA) is 224 Å². The average molecular weight is 767 g/mol. The van der Waals surface area contributed by atoms with Crippen LogP contribution in [0.4, 0.5) is 0 Å². The zero-order valence-electron chi connectivity index (χ0n) is 26.8. The summed E-state index contributed by atoms with van der Waals surface area (Å²) < 4.78 is 1.24. The molecule has 0 saturated carbocycles. The minimum Gasteiger partial charge on any atom is -0.508 e. The Balaban J connectivity index is 2.25. The van der Waals surface area contributed by atoms with E-state index in [9.17, 15) is 29.4 Å². The number of guanidine groups is 1. The van der Waals surface area contributed by atoms with Crippen LogP contribution < -0.4 is 32.7 Å². The molecule has 0 radical (unpaired) electrons. The van der Waals surface area contributed by atoms with Crippen molar-refractivity contribution in [3.05, 3.63) is 65.7 Å². The predicted molar refractivity (Wildman–Crippen MR) is 189 cm³/mol. The lowest BCUT2D eigenvalue weighted by atomic mass is 10.0. The maximum atomic E-state index is 13.9. The number of nitrogens with zero attached hydrogens (tertiary/aromatic N) is 2. The third-order valence-electron chi connectivity index (χ3n) is 7.39. The summed E-state index contributed by atoms with van der Waals surface area (Å²) in [6.07, 6.45) is 2.30. The SMILES string of the molecule is C/N=C(\NC)NCCC[C@H](N)C(=O)N(I)[C@@H](Cc1ccc(O)cc1)C(=O)N[C@@H](CCCCN)C(=O)N[C@@H](Cc1ccccc1)C(=O)O. The summed E-state index contributed by atoms with van der Waals surface area (Å²) in [5.41, 5.74) is 13.3. The van der Waals surface area contributed by atoms with Gasteiger partial charge in [-0.1, -0.05) is 42.5 Å². The molecular weight excluding hydrogens is 719 g/mol. The molecular formula is C32H47IN8O6. The molecule has 4 atom stereocenters. The molecule has 0 unspecified atom stereocenters. The van der Waals surface area contributed by atoms with Crippen molar-refractivity contribution in [1.82, 2.24) is 24.4 Å². The van der Waals surface area contributed by atoms with Crippen LogP contribution in [-0.4, -0.2) is 94.3 Å². The van der Waals surface area contributed by atoms with Gasteiger partial charge in [0.05, 0.1) is 28.9 Å². The third kappa shape index (κ3) is 13.7. The van der Waals surface area contributed by atoms with Crippen molar-refractivity contribution >= 4 is 52.5 Å². The van der Waals surface area contributed by atoms with E-state index in [4.69, 9.17) is 11.5 Å². The first-order valence-electron chi connectivity index (χ1n) is 15.5. The number of phenolic OH excluding ortho intramolecular Hbond substituents is 1. The van der Waals surface area contributed by atoms with Crippen molar-refractivity contribution in [2.24, 2.45) is 16.5 Å². The molecule has 47 heavy (non-hydrogen) atoms. The number of aliphatic imine (C=N–C) groups is 1. The molecule has 0 bridgehead atoms. The van der Waals surface area contributed by atoms with Crippen molar-refractivity contribution < 1.29 is 29.4 Å². The zero-order chi connectivity index (χ0) is 34.8. The largest absolute Gasteiger partial charge is 0.508 e. The third-order valence-corrected chi connectivity index (χ3v) is 8.54. The molecule has 10 N–H and O–H groups in total. The molecule has 0 aliphatic carbocycles. The Kier molecular flexibility index (Phi) is 17.5. The highest BCUT2D eigenvalue weighted by Crippen LogP contribution is 2.19. The van der Waals surface area contributed by atoms with Gasteiger partial charge < -0.3 is 42.9 Å². The summed E-state index contributed by atoms with van der Waals surface area (Å²) in [4.78, 5) is 56.9. The normalized spacial score (nSPS) is 13.9. The highest BCUT2D eigenvalue weighted by Gasteiger charge is 2.34. The van der Waals surface area contributed by atoms with Crippen LogP contribution in [-0.2, 0) is 32.0 Å². The molecule has 2 aromatic rings. The van der Waals surface area contributed by atoms with Gasteiger partial charge in [0.15, 0.2) is 5.96 Å². The molecule has 0 spiro atoms. The van der Waals surface area contributed by atoms with E-state index in [2.05, 4.69) is 26.3 Å². The first kappa shape index (κ1) is 39.2. The van der Waals surface area contributed by atoms with Gasteiger partial charge in [0, 0.05) is 33.5 Å². The first-order chi connectivity index (χ1) is 22.5. The van der Waals surface area contributed by atoms with Gasteiger partial charge >= 0.3 is 5.97 Å². The average Bonchev–Trinajstić information content (AvgIpc) is 3.06. The number of benzene rings is 2. The van der Waals surface area contributed by atoms with Crippen LogP contribution in [0.3, 0.4) is 0 Å². The van der Waals surface area contributed by atoms with Crippen LogP contribution in [0.1, 0.15) is 43.2 Å². The molecule has 0 heterocycles. The van der Waals surface area contributed by atoms with Crippen molar-refractivity contribution in [1.29, 1.82) is 0 Å². The number of carboxylic acids is 1. The smallest absolute Gasteiger partial charge is 0.326 e. The number of nitrogens with one attached hydrogen (secondary N) is 4. The number of halogens is 1. The number of carbonyl (C=O) groups excluding carboxylic acids is 3. The maximum Gasteiger partial charge on any atom is 0.326 e. The summed E-state index contributed by atoms with van der Waals surface area (Å²) in [6.45, 7) is 0.900. The number of carbonyl (C=O) groups is 4. The van der Waals surface area contributed by atoms with Gasteiger partial charge in [0.25, 0.3) is 0 Å². The summed E-state index contributed by atoms with van der Waals surface area (Å²) in [6, 6.07) is 10.8. The summed E-state index contributed by atoms with van der Waals surface area (Å²) in [7, 11) is 3.38. The van der Waals surface area contributed by atoms with Crippen molar-refractivity contribution in [2.75, 3.05) is 27.2 Å². The lowest BCUT2D eigenvalue weighted by molar-refractivity contribution is -0.142. The highest BCUT2D eigenvalue weighted by atomic mass is 127. The maximum absolute atomic E-state index is 13.9. The van der Waals surface area contributed by atoms with Gasteiger partial charge in [-0.25, -0.2) is 4.79 Å². The van der Waals surface area contributed by atoms with Gasteiger partial charge in [-0.15, -0.1) is 0 Å². The number of hydrogen-bond acceptors (Lipinski definition) is 8. The Hall–Kier alpha value is -3.96. The minimum atomic E-state index is -1.23. The Morgan fingerprint density at radius 1 is 0.894 bits per heavy atom. The van der Waals surface area contributed by atoms with Crippen molar-refractivity contribution in [3.8, 4) is 5.75 Å². The number of aromatic hydroxyl groups is 1. The van der Waals surface area contributed by atoms with Crippen LogP contribution >= 0.6 is 22.9 Å². The van der Waals surface area contributed by atoms with E-state index in [1.807, 2.05) is 6.07 Å². The predicted octanol–water partition coefficient (Wildman–Crippen LogP) is 0.810. The van der Waals surface area contributed by atoms with E-state index in [0.29, 0.717) is 50.3 Å². The number of phenols is 1. The zero-order valence-corrected chi connectivity index (χ0v) is 29.0. The van der Waals surface area contributed by atoms with Gasteiger partial charge in [-0.3, -0.25) is 22.5 Å². The fourth-order valence-electron chi connectivity index (χ4n) is 4.73. The Bertz CT molecular complexity index is 1310. The van der Waals surface area contributed by atoms with E-state index in [1.165, 1.54) is 15.2 Å². The number of carboxylic acid groups (broad SMARTS) is 1. The van der Waals surface area contributed by atoms with Gasteiger partial charge in [0.1, 0.15) is 23.9 Å². The molecule has 3 amide bonds. The van der Waals surface area contributed by atoms with Crippen LogP contribution in [0.5, 0.6) is 5.75 Å². The molecule has 0 saturated heterocycles. The molecule has 0 aliphatic heterocycles. The van der Waals surface area contributed by atoms with Crippen LogP contribution in [0, 0.1) is 0 Å². The monoisotopic (exact) mass is 766 g/mol. The summed E-state index contributed by atoms with van der Waals surface area (Å²) in [5.74, 6) is -2.31. The van der Waals surface area contributed by atoms with E-state index in [1.54, 1.807) is 73.4 Å². The molecule has 2 aromatic carbocycles. The summed E-state index contributed by atoms with van der Waals surface area (Å²) >= 11 is 1.77. The Morgan fingerprint density at radius 3 is 2.13 bits per heavy atom. The van der Waals surface area contributed by atoms with Crippen molar-refractivity contribution in [3.63, 3.8) is 0 Å². The lowest BCUT2D eigenvalue weighted by Crippen LogP contribution is -2.57. The second kappa shape index (κ2) is 21.0. The van der Waals surface area contributed by atoms with E-state index in [0.717, 1.165) is 5.56 Å². The summed E-state index contributed by atoms with van der Waals surface area (Å²) in [5, 5.41) is 30.9. The lowest BCUT2D eigenvalue weighted by Gasteiger charge is -2.29. The van der Waals surface area contributed by atoms with E-state index < -0.39 is 47.9 Å². The number of aliphatic carboxylic acids is 1. The number of rotatable bonds is 19. The molecule has 14 nitrogen and oxygen atoms in total. The Labute approximate surface area is 289 Å². The number of hydrogen-bond donors (Lipinski definition) is 8. The molecule has 0 fully saturated rings. The van der Waals surface area contributed by atoms with Gasteiger partial charge in [-0.2, -0.15) is 0 Å². The molecule has 15 heteroatoms. The minimum absolute atomic E-state index is 0.0439. The second-order valence-corrected chi connectivity index (χ2v) is 12.0. The fourth-order valence-corrected chi connectivity index (χ4v) is 5.53. The van der Waals surface area contributed by atoms with E-state index >= 15 is 0 Å². The van der Waals surface area contributed by atoms with Gasteiger partial charge in [-0.05, 0) is 61.9 Å². The van der Waals surface area contributed by atoms with Crippen LogP contribution in [0.2, 0.25) is 0 Å². The number of unbranched alkanes of at least 4 members (excludes halogenated alkanes) is 1. The van der Waals surface area contributed by atoms with Crippen molar-refractivity contribution in [2.45, 2.75) is 69.1 Å². The second-order valence-electron chi connectivity index (χ2n) is 11.0. The number of nitrogens with two attached hydrogens (primary N) is 2. The van der Waals surface area contributed by atoms with Gasteiger partial charge in [0.2, 0.25) is 17.7 Å². The first-order valence-corrected chi connectivity index (χ1v) is 16.4.